The van der Waals surface area contributed by atoms with E-state index in [4.69, 9.17) is 9.05 Å². The van der Waals surface area contributed by atoms with Gasteiger partial charge in [-0.25, -0.2) is 0 Å². The van der Waals surface area contributed by atoms with Crippen LogP contribution in [0.15, 0.2) is 0 Å². The lowest BCUT2D eigenvalue weighted by atomic mass is 10.1. The lowest BCUT2D eigenvalue weighted by molar-refractivity contribution is -0.119. The van der Waals surface area contributed by atoms with Gasteiger partial charge in [0.25, 0.3) is 0 Å². The van der Waals surface area contributed by atoms with Crippen LogP contribution in [0.5, 0.6) is 0 Å². The molecule has 0 saturated heterocycles. The van der Waals surface area contributed by atoms with E-state index in [1.807, 2.05) is 13.8 Å². The van der Waals surface area contributed by atoms with Gasteiger partial charge in [0.05, 0.1) is 6.16 Å². The summed E-state index contributed by atoms with van der Waals surface area (Å²) in [6, 6.07) is 0. The van der Waals surface area contributed by atoms with Crippen LogP contribution in [0.25, 0.3) is 0 Å². The average Bonchev–Trinajstić information content (AvgIpc) is 2.13. The normalized spacial score (nSPS) is 12.1. The number of rotatable bonds is 7. The summed E-state index contributed by atoms with van der Waals surface area (Å²) < 4.78 is 21.0. The van der Waals surface area contributed by atoms with Crippen molar-refractivity contribution in [3.63, 3.8) is 0 Å². The molecule has 0 aliphatic heterocycles. The first-order valence-electron chi connectivity index (χ1n) is 4.65. The van der Waals surface area contributed by atoms with Crippen LogP contribution in [0.2, 0.25) is 0 Å². The third-order valence-corrected chi connectivity index (χ3v) is 3.74. The number of Topliss-reactive ketones (excluding diaryl/α,β-unsaturated/α-hetero) is 1. The number of carbonyl (C=O) groups excluding carboxylic acids is 1. The molecule has 0 aliphatic carbocycles. The van der Waals surface area contributed by atoms with Crippen molar-refractivity contribution >= 4 is 13.4 Å². The molecule has 0 rings (SSSR count). The molecule has 0 fully saturated rings. The van der Waals surface area contributed by atoms with Gasteiger partial charge in [0, 0.05) is 27.1 Å². The number of hydrogen-bond acceptors (Lipinski definition) is 4. The van der Waals surface area contributed by atoms with Crippen molar-refractivity contribution < 1.29 is 18.4 Å². The van der Waals surface area contributed by atoms with E-state index in [2.05, 4.69) is 0 Å². The van der Waals surface area contributed by atoms with Crippen LogP contribution in [0.4, 0.5) is 0 Å². The zero-order valence-electron chi connectivity index (χ0n) is 9.28. The maximum Gasteiger partial charge on any atom is 0.330 e. The fourth-order valence-corrected chi connectivity index (χ4v) is 2.11. The Morgan fingerprint density at radius 2 is 1.79 bits per heavy atom. The third-order valence-electron chi connectivity index (χ3n) is 1.86. The van der Waals surface area contributed by atoms with Gasteiger partial charge < -0.3 is 9.05 Å². The van der Waals surface area contributed by atoms with Crippen molar-refractivity contribution in [2.75, 3.05) is 20.4 Å². The van der Waals surface area contributed by atoms with Crippen molar-refractivity contribution in [2.24, 2.45) is 5.92 Å². The molecule has 0 radical (unpaired) electrons. The summed E-state index contributed by atoms with van der Waals surface area (Å²) in [7, 11) is -0.338. The topological polar surface area (TPSA) is 52.6 Å². The summed E-state index contributed by atoms with van der Waals surface area (Å²) >= 11 is 0. The van der Waals surface area contributed by atoms with Gasteiger partial charge in [0.2, 0.25) is 0 Å². The van der Waals surface area contributed by atoms with Crippen LogP contribution in [-0.4, -0.2) is 26.2 Å². The molecular weight excluding hydrogens is 203 g/mol. The van der Waals surface area contributed by atoms with Gasteiger partial charge in [-0.15, -0.1) is 0 Å². The van der Waals surface area contributed by atoms with Crippen LogP contribution >= 0.6 is 7.60 Å². The smallest absolute Gasteiger partial charge is 0.312 e. The van der Waals surface area contributed by atoms with Crippen molar-refractivity contribution in [1.82, 2.24) is 0 Å². The first kappa shape index (κ1) is 13.8. The molecule has 0 atom stereocenters. The fraction of sp³-hybridized carbons (Fsp3) is 0.889. The van der Waals surface area contributed by atoms with Gasteiger partial charge in [-0.1, -0.05) is 13.8 Å². The van der Waals surface area contributed by atoms with E-state index < -0.39 is 7.60 Å². The first-order valence-corrected chi connectivity index (χ1v) is 6.38. The predicted octanol–water partition coefficient (Wildman–Crippen LogP) is 2.48. The highest BCUT2D eigenvalue weighted by Gasteiger charge is 2.22. The molecule has 0 amide bonds. The van der Waals surface area contributed by atoms with Gasteiger partial charge in [-0.3, -0.25) is 9.36 Å². The summed E-state index contributed by atoms with van der Waals surface area (Å²) in [6.07, 6.45) is 0.954. The van der Waals surface area contributed by atoms with Crippen LogP contribution < -0.4 is 0 Å². The van der Waals surface area contributed by atoms with Gasteiger partial charge >= 0.3 is 7.60 Å². The lowest BCUT2D eigenvalue weighted by Crippen LogP contribution is -2.06. The molecule has 0 spiro atoms. The largest absolute Gasteiger partial charge is 0.330 e. The maximum absolute atomic E-state index is 11.5. The highest BCUT2D eigenvalue weighted by molar-refractivity contribution is 7.53. The molecule has 0 aromatic rings. The molecule has 0 aliphatic rings. The van der Waals surface area contributed by atoms with Crippen molar-refractivity contribution in [1.29, 1.82) is 0 Å². The van der Waals surface area contributed by atoms with E-state index in [9.17, 15) is 9.36 Å². The van der Waals surface area contributed by atoms with Gasteiger partial charge in [0.15, 0.2) is 0 Å². The quantitative estimate of drug-likeness (QED) is 0.621. The summed E-state index contributed by atoms with van der Waals surface area (Å²) in [5.41, 5.74) is 0. The Bertz CT molecular complexity index is 217. The van der Waals surface area contributed by atoms with Crippen molar-refractivity contribution in [2.45, 2.75) is 26.7 Å². The molecule has 14 heavy (non-hydrogen) atoms. The van der Waals surface area contributed by atoms with E-state index in [1.54, 1.807) is 0 Å². The van der Waals surface area contributed by atoms with E-state index in [1.165, 1.54) is 14.2 Å². The second-order valence-electron chi connectivity index (χ2n) is 3.59. The van der Waals surface area contributed by atoms with Gasteiger partial charge in [-0.05, 0) is 5.92 Å². The van der Waals surface area contributed by atoms with Crippen LogP contribution in [-0.2, 0) is 18.4 Å². The summed E-state index contributed by atoms with van der Waals surface area (Å²) in [6.45, 7) is 3.95. The highest BCUT2D eigenvalue weighted by atomic mass is 31.2. The van der Waals surface area contributed by atoms with Crippen LogP contribution in [0.1, 0.15) is 26.7 Å². The summed E-state index contributed by atoms with van der Waals surface area (Å²) in [5, 5.41) is 0. The minimum atomic E-state index is -3.00. The van der Waals surface area contributed by atoms with Crippen LogP contribution in [0.3, 0.4) is 0 Å². The van der Waals surface area contributed by atoms with E-state index in [0.29, 0.717) is 12.3 Å². The fourth-order valence-electron chi connectivity index (χ4n) is 1.08. The molecule has 0 unspecified atom stereocenters. The minimum absolute atomic E-state index is 0.106. The van der Waals surface area contributed by atoms with Crippen LogP contribution in [0, 0.1) is 5.92 Å². The highest BCUT2D eigenvalue weighted by Crippen LogP contribution is 2.46. The molecule has 0 aromatic carbocycles. The molecule has 0 aromatic heterocycles. The second-order valence-corrected chi connectivity index (χ2v) is 5.99. The summed E-state index contributed by atoms with van der Waals surface area (Å²) in [4.78, 5) is 11.3. The Morgan fingerprint density at radius 3 is 2.14 bits per heavy atom. The second kappa shape index (κ2) is 6.33. The van der Waals surface area contributed by atoms with E-state index >= 15 is 0 Å². The molecule has 84 valence electrons. The van der Waals surface area contributed by atoms with E-state index in [-0.39, 0.29) is 18.4 Å². The molecule has 5 heteroatoms. The molecule has 0 bridgehead atoms. The Morgan fingerprint density at radius 1 is 1.29 bits per heavy atom. The Labute approximate surface area is 85.5 Å². The van der Waals surface area contributed by atoms with Crippen molar-refractivity contribution in [3.8, 4) is 0 Å². The zero-order chi connectivity index (χ0) is 11.2. The van der Waals surface area contributed by atoms with Crippen molar-refractivity contribution in [3.05, 3.63) is 0 Å². The Balaban J connectivity index is 3.93. The average molecular weight is 222 g/mol. The van der Waals surface area contributed by atoms with Gasteiger partial charge in [0.1, 0.15) is 5.78 Å². The Hall–Kier alpha value is -0.180. The third kappa shape index (κ3) is 5.53. The molecule has 4 nitrogen and oxygen atoms in total. The van der Waals surface area contributed by atoms with Gasteiger partial charge in [-0.2, -0.15) is 0 Å². The monoisotopic (exact) mass is 222 g/mol. The molecule has 0 saturated carbocycles. The maximum atomic E-state index is 11.5. The SMILES string of the molecule is COP(=O)(CCC(=O)CC(C)C)OC. The number of hydrogen-bond donors (Lipinski definition) is 0. The van der Waals surface area contributed by atoms with E-state index in [0.717, 1.165) is 0 Å². The Kier molecular flexibility index (Phi) is 6.25. The molecular formula is C9H19O4P. The standard InChI is InChI=1S/C9H19O4P/c1-8(2)7-9(10)5-6-14(11,12-3)13-4/h8H,5-7H2,1-4H3. The minimum Gasteiger partial charge on any atom is -0.312 e. The summed E-state index contributed by atoms with van der Waals surface area (Å²) in [5.74, 6) is 0.446. The number of ketones is 1. The molecule has 0 N–H and O–H groups in total. The zero-order valence-corrected chi connectivity index (χ0v) is 10.2. The predicted molar refractivity (Wildman–Crippen MR) is 55.6 cm³/mol. The molecule has 0 heterocycles. The first-order chi connectivity index (χ1) is 6.43. The number of carbonyl (C=O) groups is 1. The lowest BCUT2D eigenvalue weighted by Gasteiger charge is -2.12.